The zero-order valence-electron chi connectivity index (χ0n) is 62.4. The van der Waals surface area contributed by atoms with Gasteiger partial charge in [-0.25, -0.2) is 19.9 Å². The Kier molecular flexibility index (Phi) is 17.4. The van der Waals surface area contributed by atoms with Crippen LogP contribution in [-0.4, -0.2) is 51.9 Å². The van der Waals surface area contributed by atoms with Crippen molar-refractivity contribution < 1.29 is 19.8 Å². The third-order valence-corrected chi connectivity index (χ3v) is 19.3. The predicted octanol–water partition coefficient (Wildman–Crippen LogP) is 22.6. The van der Waals surface area contributed by atoms with Crippen LogP contribution in [0.2, 0.25) is 0 Å². The number of hydrogen-bond acceptors (Lipinski definition) is 8. The van der Waals surface area contributed by atoms with Gasteiger partial charge in [0.25, 0.3) is 0 Å². The van der Waals surface area contributed by atoms with E-state index in [1.807, 2.05) is 66.7 Å². The summed E-state index contributed by atoms with van der Waals surface area (Å²) in [5, 5.41) is 25.4. The molecule has 98 heavy (non-hydrogen) atoms. The van der Waals surface area contributed by atoms with E-state index in [4.69, 9.17) is 19.9 Å². The number of aromatic nitrogens is 6. The van der Waals surface area contributed by atoms with E-state index in [1.54, 1.807) is 0 Å². The van der Waals surface area contributed by atoms with Crippen molar-refractivity contribution in [3.63, 3.8) is 0 Å². The standard InChI is InChI=1S/C88H100N6O4/c1-81(2,3)57-37-58(82(4,5)6)40-63(39-57)93-73-29-25-27-65(75(73)91-79(93)67-43-61(85(13,14)15)45-69(77(67)97)87(19,20)21)53-31-51(48-95)33-55(35-53)71-47-72(90-50-89-71)56-34-52(49-96)32-54(36-56)66-28-26-30-74-76(66)92-80(68-44-62(86(16,17)18)46-70(78(68)98)88(22,23)24)94(74)64-41-59(83(7,8)9)38-60(42-64)84(10,11)12/h25-50,97-98H,1-24H3. The first-order valence-electron chi connectivity index (χ1n) is 34.5. The summed E-state index contributed by atoms with van der Waals surface area (Å²) in [4.78, 5) is 47.6. The topological polar surface area (TPSA) is 136 Å². The minimum absolute atomic E-state index is 0.185. The van der Waals surface area contributed by atoms with Gasteiger partial charge >= 0.3 is 0 Å². The summed E-state index contributed by atoms with van der Waals surface area (Å²) in [6, 6.07) is 48.0. The molecule has 0 saturated carbocycles. The summed E-state index contributed by atoms with van der Waals surface area (Å²) < 4.78 is 4.41. The van der Waals surface area contributed by atoms with Crippen LogP contribution in [0.25, 0.3) is 101 Å². The molecular formula is C88H100N6O4. The van der Waals surface area contributed by atoms with Gasteiger partial charge < -0.3 is 10.2 Å². The molecule has 0 fully saturated rings. The molecule has 0 aliphatic heterocycles. The molecule has 0 aliphatic rings. The lowest BCUT2D eigenvalue weighted by molar-refractivity contribution is 0.111. The Morgan fingerprint density at radius 3 is 0.929 bits per heavy atom. The third-order valence-electron chi connectivity index (χ3n) is 19.3. The number of phenolic OH excluding ortho intramolecular Hbond substituents is 2. The second-order valence-electron chi connectivity index (χ2n) is 35.5. The second kappa shape index (κ2) is 24.3. The van der Waals surface area contributed by atoms with E-state index >= 15 is 0 Å². The molecule has 0 aliphatic carbocycles. The van der Waals surface area contributed by atoms with Crippen LogP contribution in [0.15, 0.2) is 146 Å². The fourth-order valence-electron chi connectivity index (χ4n) is 13.1. The summed E-state index contributed by atoms with van der Waals surface area (Å²) >= 11 is 0. The summed E-state index contributed by atoms with van der Waals surface area (Å²) in [5.74, 6) is 1.57. The fraction of sp³-hybridized carbons (Fsp3) is 0.364. The van der Waals surface area contributed by atoms with Crippen LogP contribution in [-0.2, 0) is 43.3 Å². The summed E-state index contributed by atoms with van der Waals surface area (Å²) in [5.41, 5.74) is 19.1. The van der Waals surface area contributed by atoms with E-state index < -0.39 is 10.8 Å². The van der Waals surface area contributed by atoms with Crippen molar-refractivity contribution in [3.05, 3.63) is 201 Å². The molecule has 0 saturated heterocycles. The first kappa shape index (κ1) is 70.1. The number of hydrogen-bond donors (Lipinski definition) is 2. The van der Waals surface area contributed by atoms with Crippen LogP contribution in [0.1, 0.15) is 231 Å². The number of aldehydes is 2. The first-order chi connectivity index (χ1) is 45.3. The number of carbonyl (C=O) groups excluding carboxylic acids is 2. The number of benzene rings is 8. The van der Waals surface area contributed by atoms with E-state index in [2.05, 4.69) is 248 Å². The van der Waals surface area contributed by atoms with Gasteiger partial charge in [0.15, 0.2) is 0 Å². The van der Waals surface area contributed by atoms with Gasteiger partial charge in [0.2, 0.25) is 0 Å². The van der Waals surface area contributed by atoms with Gasteiger partial charge in [-0.05, 0) is 179 Å². The van der Waals surface area contributed by atoms with E-state index in [1.165, 1.54) is 28.6 Å². The van der Waals surface area contributed by atoms with Crippen LogP contribution in [0, 0.1) is 0 Å². The molecule has 3 aromatic heterocycles. The monoisotopic (exact) mass is 1300 g/mol. The van der Waals surface area contributed by atoms with Crippen molar-refractivity contribution in [1.29, 1.82) is 0 Å². The highest BCUT2D eigenvalue weighted by Crippen LogP contribution is 2.49. The Morgan fingerprint density at radius 2 is 0.633 bits per heavy atom. The second-order valence-corrected chi connectivity index (χ2v) is 35.5. The SMILES string of the molecule is CC(C)(C)c1cc(-n2c(-c3cc(C(C)(C)C)cc(C(C)(C)C)c3O)nc3c(-c4cc(C=O)cc(-c5cc(-c6cc(C=O)cc(-c7cccc8c7nc(-c7cc(C(C)(C)C)cc(C(C)(C)C)c7O)n8-c7cc(C(C)(C)C)cc(C(C)(C)C)c7)c6)ncn5)c4)cccc32)cc(C(C)(C)C)c1. The van der Waals surface area contributed by atoms with Gasteiger partial charge in [-0.15, -0.1) is 0 Å². The Balaban J connectivity index is 1.10. The Morgan fingerprint density at radius 1 is 0.327 bits per heavy atom. The van der Waals surface area contributed by atoms with Gasteiger partial charge in [0, 0.05) is 55.9 Å². The van der Waals surface area contributed by atoms with Gasteiger partial charge in [0.1, 0.15) is 42.0 Å². The molecule has 10 nitrogen and oxygen atoms in total. The molecule has 0 bridgehead atoms. The lowest BCUT2D eigenvalue weighted by Crippen LogP contribution is -2.18. The Hall–Kier alpha value is -9.28. The number of imidazole rings is 2. The van der Waals surface area contributed by atoms with E-state index in [9.17, 15) is 19.8 Å². The molecule has 3 heterocycles. The molecule has 2 N–H and O–H groups in total. The molecule has 506 valence electrons. The molecule has 10 heteroatoms. The molecule has 11 rings (SSSR count). The largest absolute Gasteiger partial charge is 0.507 e. The number of fused-ring (bicyclic) bond motifs is 2. The van der Waals surface area contributed by atoms with Crippen LogP contribution < -0.4 is 0 Å². The molecule has 0 atom stereocenters. The Bertz CT molecular complexity index is 4620. The minimum Gasteiger partial charge on any atom is -0.507 e. The number of nitrogens with zero attached hydrogens (tertiary/aromatic N) is 6. The van der Waals surface area contributed by atoms with Gasteiger partial charge in [-0.2, -0.15) is 0 Å². The summed E-state index contributed by atoms with van der Waals surface area (Å²) in [7, 11) is 0. The van der Waals surface area contributed by atoms with Gasteiger partial charge in [-0.3, -0.25) is 18.7 Å². The number of rotatable bonds is 10. The smallest absolute Gasteiger partial charge is 0.150 e. The predicted molar refractivity (Wildman–Crippen MR) is 408 cm³/mol. The summed E-state index contributed by atoms with van der Waals surface area (Å²) in [6.07, 6.45) is 3.25. The van der Waals surface area contributed by atoms with Crippen molar-refractivity contribution in [3.8, 4) is 90.4 Å². The third kappa shape index (κ3) is 13.6. The van der Waals surface area contributed by atoms with Gasteiger partial charge in [-0.1, -0.05) is 215 Å². The molecule has 11 aromatic rings. The number of phenols is 2. The normalized spacial score (nSPS) is 13.1. The van der Waals surface area contributed by atoms with Crippen LogP contribution in [0.5, 0.6) is 11.5 Å². The highest BCUT2D eigenvalue weighted by Gasteiger charge is 2.33. The maximum Gasteiger partial charge on any atom is 0.150 e. The highest BCUT2D eigenvalue weighted by molar-refractivity contribution is 6.00. The number of carbonyl (C=O) groups is 2. The van der Waals surface area contributed by atoms with E-state index in [0.29, 0.717) is 67.5 Å². The van der Waals surface area contributed by atoms with E-state index in [-0.39, 0.29) is 44.0 Å². The minimum atomic E-state index is -0.398. The Labute approximate surface area is 581 Å². The maximum absolute atomic E-state index is 13.3. The van der Waals surface area contributed by atoms with Crippen LogP contribution >= 0.6 is 0 Å². The molecule has 0 radical (unpaired) electrons. The molecule has 8 aromatic carbocycles. The summed E-state index contributed by atoms with van der Waals surface area (Å²) in [6.45, 7) is 52.8. The van der Waals surface area contributed by atoms with Crippen molar-refractivity contribution in [2.75, 3.05) is 0 Å². The van der Waals surface area contributed by atoms with E-state index in [0.717, 1.165) is 79.5 Å². The molecule has 0 spiro atoms. The zero-order valence-corrected chi connectivity index (χ0v) is 62.4. The first-order valence-corrected chi connectivity index (χ1v) is 34.5. The van der Waals surface area contributed by atoms with Crippen molar-refractivity contribution >= 4 is 34.6 Å². The average Bonchev–Trinajstić information content (AvgIpc) is 1.57. The highest BCUT2D eigenvalue weighted by atomic mass is 16.3. The molecule has 0 amide bonds. The number of aromatic hydroxyl groups is 2. The van der Waals surface area contributed by atoms with Crippen LogP contribution in [0.3, 0.4) is 0 Å². The fourth-order valence-corrected chi connectivity index (χ4v) is 13.1. The lowest BCUT2D eigenvalue weighted by Gasteiger charge is -2.28. The quantitative estimate of drug-likeness (QED) is 0.129. The van der Waals surface area contributed by atoms with Crippen molar-refractivity contribution in [2.24, 2.45) is 0 Å². The van der Waals surface area contributed by atoms with Crippen LogP contribution in [0.4, 0.5) is 0 Å². The van der Waals surface area contributed by atoms with Crippen molar-refractivity contribution in [2.45, 2.75) is 209 Å². The average molecular weight is 1310 g/mol. The van der Waals surface area contributed by atoms with Crippen molar-refractivity contribution in [1.82, 2.24) is 29.1 Å². The maximum atomic E-state index is 13.3. The molecule has 0 unspecified atom stereocenters. The molecular weight excluding hydrogens is 1210 g/mol. The van der Waals surface area contributed by atoms with Gasteiger partial charge in [0.05, 0.1) is 44.6 Å². The zero-order chi connectivity index (χ0) is 71.7. The lowest BCUT2D eigenvalue weighted by atomic mass is 9.78. The number of para-hydroxylation sites is 2.